The van der Waals surface area contributed by atoms with Crippen LogP contribution >= 0.6 is 0 Å². The molecule has 0 bridgehead atoms. The van der Waals surface area contributed by atoms with Gasteiger partial charge in [-0.1, -0.05) is 6.42 Å². The standard InChI is InChI=1S/C13H21N3O2/c1-2-16-9-8-15-12(13(16)17)18-10-6-11-5-3-4-7-14-11/h8-9,11,14H,2-7,10H2,1H3. The number of rotatable bonds is 5. The van der Waals surface area contributed by atoms with E-state index in [2.05, 4.69) is 10.3 Å². The van der Waals surface area contributed by atoms with E-state index in [1.165, 1.54) is 19.3 Å². The van der Waals surface area contributed by atoms with Gasteiger partial charge in [-0.15, -0.1) is 0 Å². The van der Waals surface area contributed by atoms with E-state index in [-0.39, 0.29) is 11.4 Å². The fourth-order valence-electron chi connectivity index (χ4n) is 2.24. The average molecular weight is 251 g/mol. The number of aromatic nitrogens is 2. The first-order valence-electron chi connectivity index (χ1n) is 6.73. The molecule has 1 fully saturated rings. The third-order valence-corrected chi connectivity index (χ3v) is 3.34. The molecule has 5 nitrogen and oxygen atoms in total. The third-order valence-electron chi connectivity index (χ3n) is 3.34. The van der Waals surface area contributed by atoms with Crippen LogP contribution in [0.15, 0.2) is 17.2 Å². The monoisotopic (exact) mass is 251 g/mol. The maximum Gasteiger partial charge on any atom is 0.313 e. The Bertz CT molecular complexity index is 424. The molecule has 1 saturated heterocycles. The highest BCUT2D eigenvalue weighted by molar-refractivity contribution is 5.04. The highest BCUT2D eigenvalue weighted by atomic mass is 16.5. The Morgan fingerprint density at radius 1 is 1.56 bits per heavy atom. The Morgan fingerprint density at radius 3 is 3.17 bits per heavy atom. The van der Waals surface area contributed by atoms with Gasteiger partial charge in [0.1, 0.15) is 0 Å². The minimum Gasteiger partial charge on any atom is -0.474 e. The number of aryl methyl sites for hydroxylation is 1. The van der Waals surface area contributed by atoms with Crippen molar-refractivity contribution in [1.29, 1.82) is 0 Å². The third kappa shape index (κ3) is 3.32. The van der Waals surface area contributed by atoms with Crippen LogP contribution in [0.2, 0.25) is 0 Å². The second-order valence-electron chi connectivity index (χ2n) is 4.61. The highest BCUT2D eigenvalue weighted by Gasteiger charge is 2.13. The predicted octanol–water partition coefficient (Wildman–Crippen LogP) is 1.17. The largest absolute Gasteiger partial charge is 0.474 e. The molecule has 1 atom stereocenters. The molecule has 1 N–H and O–H groups in total. The van der Waals surface area contributed by atoms with E-state index < -0.39 is 0 Å². The summed E-state index contributed by atoms with van der Waals surface area (Å²) in [4.78, 5) is 15.8. The molecule has 0 amide bonds. The zero-order valence-electron chi connectivity index (χ0n) is 10.9. The van der Waals surface area contributed by atoms with Crippen molar-refractivity contribution < 1.29 is 4.74 Å². The topological polar surface area (TPSA) is 56.1 Å². The van der Waals surface area contributed by atoms with Crippen LogP contribution in [-0.2, 0) is 6.54 Å². The van der Waals surface area contributed by atoms with E-state index >= 15 is 0 Å². The minimum atomic E-state index is -0.142. The normalized spacial score (nSPS) is 19.7. The molecule has 1 aliphatic rings. The van der Waals surface area contributed by atoms with Gasteiger partial charge in [-0.2, -0.15) is 0 Å². The first kappa shape index (κ1) is 13.1. The van der Waals surface area contributed by atoms with Crippen molar-refractivity contribution in [2.75, 3.05) is 13.2 Å². The van der Waals surface area contributed by atoms with Crippen molar-refractivity contribution in [3.63, 3.8) is 0 Å². The zero-order valence-corrected chi connectivity index (χ0v) is 10.9. The molecular formula is C13H21N3O2. The molecule has 5 heteroatoms. The van der Waals surface area contributed by atoms with Crippen molar-refractivity contribution in [3.05, 3.63) is 22.7 Å². The molecule has 0 spiro atoms. The summed E-state index contributed by atoms with van der Waals surface area (Å²) in [6.45, 7) is 4.21. The number of hydrogen-bond donors (Lipinski definition) is 1. The fourth-order valence-corrected chi connectivity index (χ4v) is 2.24. The summed E-state index contributed by atoms with van der Waals surface area (Å²) in [6, 6.07) is 0.524. The van der Waals surface area contributed by atoms with Gasteiger partial charge in [-0.05, 0) is 32.7 Å². The minimum absolute atomic E-state index is 0.142. The van der Waals surface area contributed by atoms with Crippen LogP contribution in [-0.4, -0.2) is 28.7 Å². The van der Waals surface area contributed by atoms with Gasteiger partial charge < -0.3 is 14.6 Å². The van der Waals surface area contributed by atoms with E-state index in [4.69, 9.17) is 4.74 Å². The van der Waals surface area contributed by atoms with E-state index in [0.29, 0.717) is 19.2 Å². The van der Waals surface area contributed by atoms with Crippen molar-refractivity contribution in [3.8, 4) is 5.88 Å². The van der Waals surface area contributed by atoms with Crippen molar-refractivity contribution >= 4 is 0 Å². The van der Waals surface area contributed by atoms with Crippen molar-refractivity contribution in [2.45, 2.75) is 45.2 Å². The Hall–Kier alpha value is -1.36. The summed E-state index contributed by atoms with van der Waals surface area (Å²) in [5, 5.41) is 3.46. The molecular weight excluding hydrogens is 230 g/mol. The smallest absolute Gasteiger partial charge is 0.313 e. The molecule has 0 aromatic carbocycles. The Kier molecular flexibility index (Phi) is 4.75. The summed E-state index contributed by atoms with van der Waals surface area (Å²) >= 11 is 0. The van der Waals surface area contributed by atoms with Gasteiger partial charge in [0.15, 0.2) is 0 Å². The molecule has 18 heavy (non-hydrogen) atoms. The van der Waals surface area contributed by atoms with E-state index in [9.17, 15) is 4.79 Å². The first-order chi connectivity index (χ1) is 8.81. The molecule has 1 aromatic rings. The maximum absolute atomic E-state index is 11.8. The van der Waals surface area contributed by atoms with Gasteiger partial charge in [0.05, 0.1) is 6.61 Å². The quantitative estimate of drug-likeness (QED) is 0.853. The molecule has 1 aromatic heterocycles. The van der Waals surface area contributed by atoms with Crippen LogP contribution in [0.4, 0.5) is 0 Å². The summed E-state index contributed by atoms with van der Waals surface area (Å²) in [5.41, 5.74) is -0.142. The summed E-state index contributed by atoms with van der Waals surface area (Å²) < 4.78 is 7.10. The van der Waals surface area contributed by atoms with E-state index in [1.54, 1.807) is 17.0 Å². The number of nitrogens with zero attached hydrogens (tertiary/aromatic N) is 2. The summed E-state index contributed by atoms with van der Waals surface area (Å²) in [7, 11) is 0. The van der Waals surface area contributed by atoms with Gasteiger partial charge in [0.2, 0.25) is 0 Å². The Morgan fingerprint density at radius 2 is 2.44 bits per heavy atom. The molecule has 2 heterocycles. The fraction of sp³-hybridized carbons (Fsp3) is 0.692. The second kappa shape index (κ2) is 6.54. The summed E-state index contributed by atoms with van der Waals surface area (Å²) in [6.07, 6.45) is 7.96. The Labute approximate surface area is 107 Å². The molecule has 100 valence electrons. The molecule has 0 saturated carbocycles. The molecule has 1 unspecified atom stereocenters. The molecule has 0 aliphatic carbocycles. The van der Waals surface area contributed by atoms with Crippen molar-refractivity contribution in [1.82, 2.24) is 14.9 Å². The molecule has 2 rings (SSSR count). The predicted molar refractivity (Wildman–Crippen MR) is 69.9 cm³/mol. The number of nitrogens with one attached hydrogen (secondary N) is 1. The second-order valence-corrected chi connectivity index (χ2v) is 4.61. The van der Waals surface area contributed by atoms with Crippen LogP contribution in [0.5, 0.6) is 5.88 Å². The summed E-state index contributed by atoms with van der Waals surface area (Å²) in [5.74, 6) is 0.218. The van der Waals surface area contributed by atoms with Crippen molar-refractivity contribution in [2.24, 2.45) is 0 Å². The highest BCUT2D eigenvalue weighted by Crippen LogP contribution is 2.10. The SMILES string of the molecule is CCn1ccnc(OCCC2CCCCN2)c1=O. The Balaban J connectivity index is 1.84. The van der Waals surface area contributed by atoms with Crippen LogP contribution in [0.3, 0.4) is 0 Å². The van der Waals surface area contributed by atoms with Gasteiger partial charge >= 0.3 is 5.56 Å². The lowest BCUT2D eigenvalue weighted by molar-refractivity contribution is 0.256. The van der Waals surface area contributed by atoms with Gasteiger partial charge in [-0.3, -0.25) is 4.79 Å². The molecule has 1 aliphatic heterocycles. The number of piperidine rings is 1. The lowest BCUT2D eigenvalue weighted by Gasteiger charge is -2.23. The van der Waals surface area contributed by atoms with Crippen LogP contribution in [0.25, 0.3) is 0 Å². The maximum atomic E-state index is 11.8. The first-order valence-corrected chi connectivity index (χ1v) is 6.73. The lowest BCUT2D eigenvalue weighted by Crippen LogP contribution is -2.35. The number of hydrogen-bond acceptors (Lipinski definition) is 4. The van der Waals surface area contributed by atoms with Gasteiger partial charge in [0, 0.05) is 25.0 Å². The average Bonchev–Trinajstić information content (AvgIpc) is 2.42. The van der Waals surface area contributed by atoms with Crippen LogP contribution in [0, 0.1) is 0 Å². The van der Waals surface area contributed by atoms with Gasteiger partial charge in [-0.25, -0.2) is 4.98 Å². The van der Waals surface area contributed by atoms with E-state index in [1.807, 2.05) is 6.92 Å². The lowest BCUT2D eigenvalue weighted by atomic mass is 10.0. The van der Waals surface area contributed by atoms with Gasteiger partial charge in [0.25, 0.3) is 5.88 Å². The number of ether oxygens (including phenoxy) is 1. The zero-order chi connectivity index (χ0) is 12.8. The van der Waals surface area contributed by atoms with E-state index in [0.717, 1.165) is 13.0 Å². The van der Waals surface area contributed by atoms with Crippen LogP contribution < -0.4 is 15.6 Å². The molecule has 0 radical (unpaired) electrons. The van der Waals surface area contributed by atoms with Crippen LogP contribution in [0.1, 0.15) is 32.6 Å².